The summed E-state index contributed by atoms with van der Waals surface area (Å²) in [6.45, 7) is 7.75. The number of aliphatic imine (C=N–C) groups is 1. The second kappa shape index (κ2) is 9.01. The summed E-state index contributed by atoms with van der Waals surface area (Å²) in [7, 11) is 3.96. The van der Waals surface area contributed by atoms with Gasteiger partial charge in [0.05, 0.1) is 6.20 Å². The first-order chi connectivity index (χ1) is 13.1. The molecule has 1 N–H and O–H groups in total. The number of unbranched alkanes of at least 4 members (excludes halogenated alkanes) is 1. The van der Waals surface area contributed by atoms with Crippen LogP contribution in [0.4, 0.5) is 0 Å². The fourth-order valence-electron chi connectivity index (χ4n) is 3.48. The van der Waals surface area contributed by atoms with Crippen molar-refractivity contribution in [3.63, 3.8) is 0 Å². The fraction of sp³-hybridized carbons (Fsp3) is 0.684. The molecule has 0 bridgehead atoms. The van der Waals surface area contributed by atoms with E-state index in [1.54, 1.807) is 0 Å². The van der Waals surface area contributed by atoms with Crippen LogP contribution in [0.2, 0.25) is 0 Å². The van der Waals surface area contributed by atoms with Crippen LogP contribution in [0.15, 0.2) is 17.4 Å². The SMILES string of the molecule is CCCCNC(=NCc1nnc(C)n1C)N1CCC(Cc2cnn(C)c2)C1. The van der Waals surface area contributed by atoms with Gasteiger partial charge in [0, 0.05) is 39.9 Å². The molecule has 0 spiro atoms. The van der Waals surface area contributed by atoms with Gasteiger partial charge in [-0.1, -0.05) is 13.3 Å². The summed E-state index contributed by atoms with van der Waals surface area (Å²) in [4.78, 5) is 7.25. The zero-order valence-electron chi connectivity index (χ0n) is 17.0. The molecule has 3 rings (SSSR count). The Bertz CT molecular complexity index is 760. The number of rotatable bonds is 7. The second-order valence-corrected chi connectivity index (χ2v) is 7.47. The molecule has 1 aliphatic rings. The van der Waals surface area contributed by atoms with Gasteiger partial charge in [-0.05, 0) is 37.7 Å². The van der Waals surface area contributed by atoms with Crippen molar-refractivity contribution in [2.45, 2.75) is 46.1 Å². The zero-order chi connectivity index (χ0) is 19.2. The highest BCUT2D eigenvalue weighted by molar-refractivity contribution is 5.80. The van der Waals surface area contributed by atoms with E-state index in [0.717, 1.165) is 50.1 Å². The quantitative estimate of drug-likeness (QED) is 0.454. The van der Waals surface area contributed by atoms with Gasteiger partial charge in [0.15, 0.2) is 11.8 Å². The van der Waals surface area contributed by atoms with Crippen molar-refractivity contribution in [2.24, 2.45) is 25.0 Å². The molecule has 3 heterocycles. The third-order valence-electron chi connectivity index (χ3n) is 5.23. The van der Waals surface area contributed by atoms with Gasteiger partial charge in [-0.25, -0.2) is 4.99 Å². The molecule has 148 valence electrons. The number of guanidine groups is 1. The molecular weight excluding hydrogens is 340 g/mol. The molecule has 27 heavy (non-hydrogen) atoms. The average molecular weight is 373 g/mol. The highest BCUT2D eigenvalue weighted by Crippen LogP contribution is 2.21. The predicted octanol–water partition coefficient (Wildman–Crippen LogP) is 1.67. The van der Waals surface area contributed by atoms with Crippen LogP contribution >= 0.6 is 0 Å². The Morgan fingerprint density at radius 1 is 1.33 bits per heavy atom. The highest BCUT2D eigenvalue weighted by atomic mass is 15.3. The first-order valence-electron chi connectivity index (χ1n) is 9.92. The molecule has 2 aromatic heterocycles. The average Bonchev–Trinajstić information content (AvgIpc) is 3.35. The molecule has 0 saturated carbocycles. The largest absolute Gasteiger partial charge is 0.356 e. The smallest absolute Gasteiger partial charge is 0.194 e. The number of aryl methyl sites for hydroxylation is 2. The van der Waals surface area contributed by atoms with Gasteiger partial charge < -0.3 is 14.8 Å². The van der Waals surface area contributed by atoms with Crippen LogP contribution < -0.4 is 5.32 Å². The van der Waals surface area contributed by atoms with Gasteiger partial charge in [-0.2, -0.15) is 5.10 Å². The summed E-state index contributed by atoms with van der Waals surface area (Å²) in [5, 5.41) is 16.2. The van der Waals surface area contributed by atoms with Crippen molar-refractivity contribution in [1.82, 2.24) is 34.8 Å². The number of hydrogen-bond donors (Lipinski definition) is 1. The van der Waals surface area contributed by atoms with Crippen molar-refractivity contribution in [3.8, 4) is 0 Å². The molecule has 0 radical (unpaired) electrons. The summed E-state index contributed by atoms with van der Waals surface area (Å²) in [5.41, 5.74) is 1.32. The van der Waals surface area contributed by atoms with E-state index in [2.05, 4.69) is 38.6 Å². The molecule has 1 saturated heterocycles. The maximum Gasteiger partial charge on any atom is 0.194 e. The Labute approximate surface area is 161 Å². The van der Waals surface area contributed by atoms with E-state index in [0.29, 0.717) is 12.5 Å². The van der Waals surface area contributed by atoms with Crippen LogP contribution in [-0.2, 0) is 27.1 Å². The van der Waals surface area contributed by atoms with E-state index < -0.39 is 0 Å². The lowest BCUT2D eigenvalue weighted by Crippen LogP contribution is -2.40. The van der Waals surface area contributed by atoms with Gasteiger partial charge in [0.2, 0.25) is 0 Å². The lowest BCUT2D eigenvalue weighted by molar-refractivity contribution is 0.457. The molecule has 0 aromatic carbocycles. The molecule has 2 aromatic rings. The summed E-state index contributed by atoms with van der Waals surface area (Å²) in [5.74, 6) is 3.45. The number of hydrogen-bond acceptors (Lipinski definition) is 4. The van der Waals surface area contributed by atoms with Crippen molar-refractivity contribution < 1.29 is 0 Å². The van der Waals surface area contributed by atoms with Crippen LogP contribution in [0.3, 0.4) is 0 Å². The fourth-order valence-corrected chi connectivity index (χ4v) is 3.48. The molecule has 1 aliphatic heterocycles. The van der Waals surface area contributed by atoms with Crippen molar-refractivity contribution in [1.29, 1.82) is 0 Å². The van der Waals surface area contributed by atoms with Gasteiger partial charge >= 0.3 is 0 Å². The van der Waals surface area contributed by atoms with Crippen LogP contribution in [0.1, 0.15) is 43.4 Å². The van der Waals surface area contributed by atoms with Crippen LogP contribution in [-0.4, -0.2) is 55.0 Å². The predicted molar refractivity (Wildman–Crippen MR) is 106 cm³/mol. The number of nitrogens with one attached hydrogen (secondary N) is 1. The number of nitrogens with zero attached hydrogens (tertiary/aromatic N) is 7. The summed E-state index contributed by atoms with van der Waals surface area (Å²) in [6.07, 6.45) is 8.68. The van der Waals surface area contributed by atoms with E-state index in [1.807, 2.05) is 36.5 Å². The molecule has 0 aliphatic carbocycles. The minimum atomic E-state index is 0.551. The van der Waals surface area contributed by atoms with E-state index in [4.69, 9.17) is 4.99 Å². The molecule has 1 fully saturated rings. The third-order valence-corrected chi connectivity index (χ3v) is 5.23. The minimum Gasteiger partial charge on any atom is -0.356 e. The van der Waals surface area contributed by atoms with Crippen molar-refractivity contribution >= 4 is 5.96 Å². The van der Waals surface area contributed by atoms with Gasteiger partial charge in [-0.3, -0.25) is 4.68 Å². The summed E-state index contributed by atoms with van der Waals surface area (Å²) in [6, 6.07) is 0. The van der Waals surface area contributed by atoms with E-state index in [-0.39, 0.29) is 0 Å². The first-order valence-corrected chi connectivity index (χ1v) is 9.92. The number of likely N-dealkylation sites (tertiary alicyclic amines) is 1. The van der Waals surface area contributed by atoms with Crippen LogP contribution in [0.5, 0.6) is 0 Å². The third kappa shape index (κ3) is 5.08. The Morgan fingerprint density at radius 2 is 2.19 bits per heavy atom. The lowest BCUT2D eigenvalue weighted by atomic mass is 10.0. The molecule has 1 unspecified atom stereocenters. The highest BCUT2D eigenvalue weighted by Gasteiger charge is 2.25. The van der Waals surface area contributed by atoms with Crippen molar-refractivity contribution in [2.75, 3.05) is 19.6 Å². The first kappa shape index (κ1) is 19.4. The topological polar surface area (TPSA) is 76.2 Å². The Hall–Kier alpha value is -2.38. The molecule has 8 heteroatoms. The standard InChI is InChI=1S/C19H32N8/c1-5-6-8-20-19(21-12-18-24-23-15(2)26(18)4)27-9-7-16(14-27)10-17-11-22-25(3)13-17/h11,13,16H,5-10,12,14H2,1-4H3,(H,20,21). The molecular formula is C19H32N8. The summed E-state index contributed by atoms with van der Waals surface area (Å²) < 4.78 is 3.88. The second-order valence-electron chi connectivity index (χ2n) is 7.47. The van der Waals surface area contributed by atoms with Gasteiger partial charge in [-0.15, -0.1) is 10.2 Å². The Kier molecular flexibility index (Phi) is 6.47. The maximum atomic E-state index is 4.86. The van der Waals surface area contributed by atoms with Crippen molar-refractivity contribution in [3.05, 3.63) is 29.6 Å². The Morgan fingerprint density at radius 3 is 2.85 bits per heavy atom. The monoisotopic (exact) mass is 372 g/mol. The lowest BCUT2D eigenvalue weighted by Gasteiger charge is -2.22. The molecule has 8 nitrogen and oxygen atoms in total. The zero-order valence-corrected chi connectivity index (χ0v) is 17.0. The van der Waals surface area contributed by atoms with E-state index in [1.165, 1.54) is 18.4 Å². The van der Waals surface area contributed by atoms with Crippen LogP contribution in [0, 0.1) is 12.8 Å². The molecule has 0 amide bonds. The van der Waals surface area contributed by atoms with E-state index in [9.17, 15) is 0 Å². The van der Waals surface area contributed by atoms with Gasteiger partial charge in [0.1, 0.15) is 12.4 Å². The number of aromatic nitrogens is 5. The van der Waals surface area contributed by atoms with Gasteiger partial charge in [0.25, 0.3) is 0 Å². The Balaban J connectivity index is 1.63. The molecule has 1 atom stereocenters. The minimum absolute atomic E-state index is 0.551. The van der Waals surface area contributed by atoms with Crippen LogP contribution in [0.25, 0.3) is 0 Å². The summed E-state index contributed by atoms with van der Waals surface area (Å²) >= 11 is 0. The van der Waals surface area contributed by atoms with E-state index >= 15 is 0 Å². The normalized spacial score (nSPS) is 17.7. The maximum absolute atomic E-state index is 4.86.